The third-order valence-electron chi connectivity index (χ3n) is 3.86. The Bertz CT molecular complexity index is 742. The molecular formula is C17H20ClN5O2. The largest absolute Gasteiger partial charge is 0.496 e. The van der Waals surface area contributed by atoms with Gasteiger partial charge in [-0.2, -0.15) is 5.53 Å². The van der Waals surface area contributed by atoms with Gasteiger partial charge in [-0.05, 0) is 24.3 Å². The molecule has 0 aromatic heterocycles. The molecule has 5 N–H and O–H groups in total. The van der Waals surface area contributed by atoms with E-state index in [2.05, 4.69) is 27.0 Å². The summed E-state index contributed by atoms with van der Waals surface area (Å²) >= 11 is 5.99. The summed E-state index contributed by atoms with van der Waals surface area (Å²) in [4.78, 5) is 12.5. The van der Waals surface area contributed by atoms with Gasteiger partial charge in [0, 0.05) is 22.8 Å². The minimum Gasteiger partial charge on any atom is -0.496 e. The first-order valence-corrected chi connectivity index (χ1v) is 8.23. The van der Waals surface area contributed by atoms with E-state index in [4.69, 9.17) is 16.3 Å². The zero-order valence-corrected chi connectivity index (χ0v) is 14.4. The van der Waals surface area contributed by atoms with Gasteiger partial charge < -0.3 is 15.4 Å². The van der Waals surface area contributed by atoms with Crippen LogP contribution in [-0.4, -0.2) is 25.2 Å². The van der Waals surface area contributed by atoms with Crippen LogP contribution in [0, 0.1) is 0 Å². The Morgan fingerprint density at radius 2 is 2.04 bits per heavy atom. The van der Waals surface area contributed by atoms with Gasteiger partial charge in [-0.25, -0.2) is 10.9 Å². The van der Waals surface area contributed by atoms with Gasteiger partial charge in [0.05, 0.1) is 7.11 Å². The van der Waals surface area contributed by atoms with Crippen molar-refractivity contribution in [3.63, 3.8) is 0 Å². The molecule has 3 rings (SSSR count). The Labute approximate surface area is 151 Å². The maximum Gasteiger partial charge on any atom is 0.242 e. The van der Waals surface area contributed by atoms with Crippen LogP contribution in [-0.2, 0) is 11.3 Å². The minimum absolute atomic E-state index is 0.150. The molecule has 0 spiro atoms. The molecule has 8 heteroatoms. The maximum absolute atomic E-state index is 12.5. The predicted molar refractivity (Wildman–Crippen MR) is 96.9 cm³/mol. The molecule has 1 aliphatic rings. The number of hydrazine groups is 2. The number of carbonyl (C=O) groups is 1. The molecule has 0 bridgehead atoms. The number of amides is 1. The molecule has 0 radical (unpaired) electrons. The van der Waals surface area contributed by atoms with Gasteiger partial charge >= 0.3 is 0 Å². The monoisotopic (exact) mass is 361 g/mol. The van der Waals surface area contributed by atoms with E-state index in [0.29, 0.717) is 11.6 Å². The van der Waals surface area contributed by atoms with Crippen LogP contribution >= 0.6 is 11.6 Å². The Kier molecular flexibility index (Phi) is 5.72. The summed E-state index contributed by atoms with van der Waals surface area (Å²) in [5.74, 6) is 0.593. The zero-order chi connectivity index (χ0) is 17.6. The number of halogens is 1. The van der Waals surface area contributed by atoms with Crippen LogP contribution in [0.2, 0.25) is 5.02 Å². The summed E-state index contributed by atoms with van der Waals surface area (Å²) in [7, 11) is 1.61. The number of carbonyl (C=O) groups excluding carboxylic acids is 1. The van der Waals surface area contributed by atoms with Crippen LogP contribution < -0.4 is 31.8 Å². The van der Waals surface area contributed by atoms with Crippen molar-refractivity contribution in [2.45, 2.75) is 18.8 Å². The van der Waals surface area contributed by atoms with Gasteiger partial charge in [-0.15, -0.1) is 0 Å². The number of benzene rings is 2. The number of hydrogen-bond donors (Lipinski definition) is 5. The van der Waals surface area contributed by atoms with Crippen LogP contribution in [0.3, 0.4) is 0 Å². The van der Waals surface area contributed by atoms with Crippen LogP contribution in [0.5, 0.6) is 5.75 Å². The summed E-state index contributed by atoms with van der Waals surface area (Å²) < 4.78 is 5.30. The van der Waals surface area contributed by atoms with Crippen LogP contribution in [0.15, 0.2) is 48.5 Å². The molecule has 2 atom stereocenters. The first kappa shape index (κ1) is 17.5. The minimum atomic E-state index is -0.506. The lowest BCUT2D eigenvalue weighted by Gasteiger charge is -2.20. The first-order valence-electron chi connectivity index (χ1n) is 7.85. The quantitative estimate of drug-likeness (QED) is 0.534. The van der Waals surface area contributed by atoms with E-state index in [-0.39, 0.29) is 12.1 Å². The average molecular weight is 362 g/mol. The van der Waals surface area contributed by atoms with E-state index in [1.165, 1.54) is 0 Å². The second kappa shape index (κ2) is 8.17. The summed E-state index contributed by atoms with van der Waals surface area (Å²) in [6.07, 6.45) is -0.337. The Hall–Kier alpha value is -2.32. The Morgan fingerprint density at radius 3 is 2.84 bits per heavy atom. The van der Waals surface area contributed by atoms with Gasteiger partial charge in [0.15, 0.2) is 0 Å². The van der Waals surface area contributed by atoms with E-state index in [0.717, 1.165) is 17.0 Å². The van der Waals surface area contributed by atoms with Gasteiger partial charge in [-0.1, -0.05) is 35.9 Å². The molecule has 0 aliphatic carbocycles. The van der Waals surface area contributed by atoms with Crippen molar-refractivity contribution in [3.8, 4) is 5.75 Å². The second-order valence-electron chi connectivity index (χ2n) is 5.55. The molecule has 1 saturated heterocycles. The molecule has 1 amide bonds. The lowest BCUT2D eigenvalue weighted by Crippen LogP contribution is -2.50. The third-order valence-corrected chi connectivity index (χ3v) is 4.10. The number of rotatable bonds is 6. The fourth-order valence-electron chi connectivity index (χ4n) is 2.60. The standard InChI is InChI=1S/C17H20ClN5O2/c1-25-14-8-3-2-5-11(14)10-19-17(24)15-16(22-23-21-15)20-13-7-4-6-12(18)9-13/h2-9,15-16,20-23H,10H2,1H3,(H,19,24). The van der Waals surface area contributed by atoms with Crippen molar-refractivity contribution in [2.75, 3.05) is 12.4 Å². The molecular weight excluding hydrogens is 342 g/mol. The maximum atomic E-state index is 12.5. The molecule has 132 valence electrons. The molecule has 25 heavy (non-hydrogen) atoms. The van der Waals surface area contributed by atoms with Crippen molar-refractivity contribution >= 4 is 23.2 Å². The van der Waals surface area contributed by atoms with Crippen molar-refractivity contribution < 1.29 is 9.53 Å². The Balaban J connectivity index is 1.61. The third kappa shape index (κ3) is 4.40. The van der Waals surface area contributed by atoms with Gasteiger partial charge in [0.2, 0.25) is 5.91 Å². The highest BCUT2D eigenvalue weighted by atomic mass is 35.5. The molecule has 2 aromatic carbocycles. The van der Waals surface area contributed by atoms with Crippen LogP contribution in [0.25, 0.3) is 0 Å². The number of ether oxygens (including phenoxy) is 1. The Morgan fingerprint density at radius 1 is 1.20 bits per heavy atom. The predicted octanol–water partition coefficient (Wildman–Crippen LogP) is 1.38. The number of hydrogen-bond acceptors (Lipinski definition) is 6. The first-order chi connectivity index (χ1) is 12.2. The molecule has 1 aliphatic heterocycles. The molecule has 7 nitrogen and oxygen atoms in total. The number of para-hydroxylation sites is 1. The summed E-state index contributed by atoms with van der Waals surface area (Å²) in [6, 6.07) is 14.4. The highest BCUT2D eigenvalue weighted by molar-refractivity contribution is 6.30. The highest BCUT2D eigenvalue weighted by Crippen LogP contribution is 2.18. The summed E-state index contributed by atoms with van der Waals surface area (Å²) in [5, 5.41) is 6.77. The van der Waals surface area contributed by atoms with Crippen molar-refractivity contribution in [3.05, 3.63) is 59.1 Å². The average Bonchev–Trinajstić information content (AvgIpc) is 3.08. The fraction of sp³-hybridized carbons (Fsp3) is 0.235. The summed E-state index contributed by atoms with van der Waals surface area (Å²) in [5.41, 5.74) is 10.4. The lowest BCUT2D eigenvalue weighted by atomic mass is 10.1. The van der Waals surface area contributed by atoms with Gasteiger partial charge in [-0.3, -0.25) is 4.79 Å². The van der Waals surface area contributed by atoms with Crippen molar-refractivity contribution in [1.82, 2.24) is 21.7 Å². The fourth-order valence-corrected chi connectivity index (χ4v) is 2.79. The van der Waals surface area contributed by atoms with E-state index < -0.39 is 6.04 Å². The van der Waals surface area contributed by atoms with Crippen LogP contribution in [0.1, 0.15) is 5.56 Å². The van der Waals surface area contributed by atoms with Crippen LogP contribution in [0.4, 0.5) is 5.69 Å². The lowest BCUT2D eigenvalue weighted by molar-refractivity contribution is -0.123. The number of anilines is 1. The molecule has 1 fully saturated rings. The normalized spacial score (nSPS) is 19.4. The summed E-state index contributed by atoms with van der Waals surface area (Å²) in [6.45, 7) is 0.380. The van der Waals surface area contributed by atoms with Crippen molar-refractivity contribution in [1.29, 1.82) is 0 Å². The van der Waals surface area contributed by atoms with Gasteiger partial charge in [0.25, 0.3) is 0 Å². The van der Waals surface area contributed by atoms with E-state index in [9.17, 15) is 4.79 Å². The molecule has 1 heterocycles. The van der Waals surface area contributed by atoms with E-state index in [1.54, 1.807) is 19.2 Å². The SMILES string of the molecule is COc1ccccc1CNC(=O)C1NNNC1Nc1cccc(Cl)c1. The van der Waals surface area contributed by atoms with Crippen molar-refractivity contribution in [2.24, 2.45) is 0 Å². The van der Waals surface area contributed by atoms with Gasteiger partial charge in [0.1, 0.15) is 18.0 Å². The second-order valence-corrected chi connectivity index (χ2v) is 5.99. The molecule has 2 aromatic rings. The highest BCUT2D eigenvalue weighted by Gasteiger charge is 2.32. The zero-order valence-electron chi connectivity index (χ0n) is 13.7. The van der Waals surface area contributed by atoms with E-state index >= 15 is 0 Å². The number of nitrogens with one attached hydrogen (secondary N) is 5. The topological polar surface area (TPSA) is 86.5 Å². The molecule has 0 saturated carbocycles. The number of methoxy groups -OCH3 is 1. The molecule has 2 unspecified atom stereocenters. The van der Waals surface area contributed by atoms with E-state index in [1.807, 2.05) is 36.4 Å². The smallest absolute Gasteiger partial charge is 0.242 e.